The van der Waals surface area contributed by atoms with Gasteiger partial charge in [0.1, 0.15) is 0 Å². The van der Waals surface area contributed by atoms with Gasteiger partial charge in [-0.3, -0.25) is 4.98 Å². The molecule has 3 heterocycles. The second kappa shape index (κ2) is 8.01. The van der Waals surface area contributed by atoms with E-state index in [0.29, 0.717) is 5.92 Å². The zero-order valence-corrected chi connectivity index (χ0v) is 16.0. The second-order valence-corrected chi connectivity index (χ2v) is 7.37. The zero-order valence-electron chi connectivity index (χ0n) is 16.0. The number of benzene rings is 1. The quantitative estimate of drug-likeness (QED) is 0.732. The molecule has 0 spiro atoms. The molecule has 5 heteroatoms. The first-order valence-electron chi connectivity index (χ1n) is 9.72. The van der Waals surface area contributed by atoms with Gasteiger partial charge in [-0.15, -0.1) is 5.10 Å². The lowest BCUT2D eigenvalue weighted by molar-refractivity contribution is 0.0699. The second-order valence-electron chi connectivity index (χ2n) is 7.37. The van der Waals surface area contributed by atoms with Crippen LogP contribution in [0.4, 0.5) is 5.82 Å². The zero-order chi connectivity index (χ0) is 18.6. The van der Waals surface area contributed by atoms with Crippen LogP contribution < -0.4 is 5.32 Å². The van der Waals surface area contributed by atoms with Crippen LogP contribution in [0.1, 0.15) is 42.6 Å². The minimum absolute atomic E-state index is 0.161. The molecule has 0 aliphatic carbocycles. The average Bonchev–Trinajstić information content (AvgIpc) is 2.72. The van der Waals surface area contributed by atoms with E-state index in [0.717, 1.165) is 60.6 Å². The molecule has 140 valence electrons. The van der Waals surface area contributed by atoms with Gasteiger partial charge in [0, 0.05) is 48.3 Å². The molecule has 1 aliphatic heterocycles. The number of nitrogens with one attached hydrogen (secondary N) is 1. The number of hydrogen-bond donors (Lipinski definition) is 1. The summed E-state index contributed by atoms with van der Waals surface area (Å²) < 4.78 is 5.45. The Morgan fingerprint density at radius 3 is 2.67 bits per heavy atom. The number of pyridine rings is 1. The Bertz CT molecular complexity index is 921. The van der Waals surface area contributed by atoms with E-state index < -0.39 is 0 Å². The van der Waals surface area contributed by atoms with Crippen LogP contribution in [0.25, 0.3) is 10.8 Å². The first kappa shape index (κ1) is 17.9. The van der Waals surface area contributed by atoms with Crippen molar-refractivity contribution in [3.05, 3.63) is 59.5 Å². The minimum atomic E-state index is 0.161. The fourth-order valence-corrected chi connectivity index (χ4v) is 3.76. The third-order valence-corrected chi connectivity index (χ3v) is 5.45. The Morgan fingerprint density at radius 1 is 1.11 bits per heavy atom. The molecule has 1 N–H and O–H groups in total. The van der Waals surface area contributed by atoms with Gasteiger partial charge in [0.15, 0.2) is 5.82 Å². The summed E-state index contributed by atoms with van der Waals surface area (Å²) in [6.07, 6.45) is 4.07. The topological polar surface area (TPSA) is 59.9 Å². The van der Waals surface area contributed by atoms with Gasteiger partial charge in [0.2, 0.25) is 0 Å². The molecule has 0 amide bonds. The largest absolute Gasteiger partial charge is 0.381 e. The molecule has 3 aromatic rings. The van der Waals surface area contributed by atoms with Crippen LogP contribution in [0, 0.1) is 12.8 Å². The molecular formula is C22H26N4O. The Kier molecular flexibility index (Phi) is 5.30. The van der Waals surface area contributed by atoms with Crippen LogP contribution in [0.3, 0.4) is 0 Å². The van der Waals surface area contributed by atoms with E-state index in [1.54, 1.807) is 0 Å². The Balaban J connectivity index is 1.63. The molecule has 1 saturated heterocycles. The maximum Gasteiger partial charge on any atom is 0.156 e. The Hall–Kier alpha value is -2.53. The van der Waals surface area contributed by atoms with Crippen molar-refractivity contribution in [2.75, 3.05) is 25.1 Å². The average molecular weight is 362 g/mol. The first-order valence-corrected chi connectivity index (χ1v) is 9.72. The molecule has 1 atom stereocenters. The van der Waals surface area contributed by atoms with E-state index in [-0.39, 0.29) is 5.92 Å². The summed E-state index contributed by atoms with van der Waals surface area (Å²) in [5.41, 5.74) is 3.24. The number of nitrogens with zero attached hydrogens (tertiary/aromatic N) is 3. The van der Waals surface area contributed by atoms with Crippen molar-refractivity contribution >= 4 is 16.6 Å². The van der Waals surface area contributed by atoms with Crippen molar-refractivity contribution in [2.45, 2.75) is 32.6 Å². The smallest absolute Gasteiger partial charge is 0.156 e. The van der Waals surface area contributed by atoms with Gasteiger partial charge in [0.05, 0.1) is 5.69 Å². The third-order valence-electron chi connectivity index (χ3n) is 5.45. The molecule has 27 heavy (non-hydrogen) atoms. The maximum atomic E-state index is 5.45. The van der Waals surface area contributed by atoms with Crippen molar-refractivity contribution in [2.24, 2.45) is 5.92 Å². The SMILES string of the molecule is Cc1cc(C(C)c2nnc(NCC3CCOCC3)c3ccccc23)ccn1. The summed E-state index contributed by atoms with van der Waals surface area (Å²) >= 11 is 0. The summed E-state index contributed by atoms with van der Waals surface area (Å²) in [7, 11) is 0. The van der Waals surface area contributed by atoms with Gasteiger partial charge >= 0.3 is 0 Å². The van der Waals surface area contributed by atoms with Gasteiger partial charge in [-0.25, -0.2) is 0 Å². The van der Waals surface area contributed by atoms with Gasteiger partial charge in [-0.1, -0.05) is 31.2 Å². The predicted molar refractivity (Wildman–Crippen MR) is 108 cm³/mol. The van der Waals surface area contributed by atoms with Crippen LogP contribution >= 0.6 is 0 Å². The fourth-order valence-electron chi connectivity index (χ4n) is 3.76. The van der Waals surface area contributed by atoms with Crippen LogP contribution in [0.2, 0.25) is 0 Å². The summed E-state index contributed by atoms with van der Waals surface area (Å²) in [6.45, 7) is 6.84. The lowest BCUT2D eigenvalue weighted by Gasteiger charge is -2.23. The van der Waals surface area contributed by atoms with Crippen LogP contribution in [-0.2, 0) is 4.74 Å². The molecule has 5 nitrogen and oxygen atoms in total. The van der Waals surface area contributed by atoms with Crippen molar-refractivity contribution in [1.82, 2.24) is 15.2 Å². The Morgan fingerprint density at radius 2 is 1.89 bits per heavy atom. The molecule has 4 rings (SSSR count). The lowest BCUT2D eigenvalue weighted by atomic mass is 9.94. The van der Waals surface area contributed by atoms with Crippen LogP contribution in [0.15, 0.2) is 42.6 Å². The molecule has 1 unspecified atom stereocenters. The molecule has 0 saturated carbocycles. The van der Waals surface area contributed by atoms with Crippen LogP contribution in [0.5, 0.6) is 0 Å². The minimum Gasteiger partial charge on any atom is -0.381 e. The van der Waals surface area contributed by atoms with Crippen molar-refractivity contribution in [3.63, 3.8) is 0 Å². The Labute approximate surface area is 160 Å². The monoisotopic (exact) mass is 362 g/mol. The molecule has 1 fully saturated rings. The molecular weight excluding hydrogens is 336 g/mol. The summed E-state index contributed by atoms with van der Waals surface area (Å²) in [5.74, 6) is 1.67. The maximum absolute atomic E-state index is 5.45. The highest BCUT2D eigenvalue weighted by molar-refractivity contribution is 5.93. The summed E-state index contributed by atoms with van der Waals surface area (Å²) in [4.78, 5) is 4.31. The van der Waals surface area contributed by atoms with Gasteiger partial charge in [-0.05, 0) is 43.4 Å². The van der Waals surface area contributed by atoms with Gasteiger partial charge in [0.25, 0.3) is 0 Å². The van der Waals surface area contributed by atoms with E-state index in [1.165, 1.54) is 5.56 Å². The molecule has 0 bridgehead atoms. The summed E-state index contributed by atoms with van der Waals surface area (Å²) in [5, 5.41) is 15.0. The van der Waals surface area contributed by atoms with Gasteiger partial charge < -0.3 is 10.1 Å². The van der Waals surface area contributed by atoms with E-state index in [9.17, 15) is 0 Å². The van der Waals surface area contributed by atoms with E-state index in [1.807, 2.05) is 13.1 Å². The normalized spacial score (nSPS) is 16.4. The highest BCUT2D eigenvalue weighted by Gasteiger charge is 2.18. The number of hydrogen-bond acceptors (Lipinski definition) is 5. The number of rotatable bonds is 5. The highest BCUT2D eigenvalue weighted by atomic mass is 16.5. The van der Waals surface area contributed by atoms with Crippen molar-refractivity contribution in [1.29, 1.82) is 0 Å². The van der Waals surface area contributed by atoms with Crippen molar-refractivity contribution < 1.29 is 4.74 Å². The number of anilines is 1. The fraction of sp³-hybridized carbons (Fsp3) is 0.409. The van der Waals surface area contributed by atoms with E-state index >= 15 is 0 Å². The highest BCUT2D eigenvalue weighted by Crippen LogP contribution is 2.31. The molecule has 0 radical (unpaired) electrons. The van der Waals surface area contributed by atoms with Gasteiger partial charge in [-0.2, -0.15) is 5.10 Å². The predicted octanol–water partition coefficient (Wildman–Crippen LogP) is 4.32. The van der Waals surface area contributed by atoms with Crippen LogP contribution in [-0.4, -0.2) is 34.9 Å². The van der Waals surface area contributed by atoms with Crippen molar-refractivity contribution in [3.8, 4) is 0 Å². The number of fused-ring (bicyclic) bond motifs is 1. The number of ether oxygens (including phenoxy) is 1. The van der Waals surface area contributed by atoms with E-state index in [4.69, 9.17) is 4.74 Å². The first-order chi connectivity index (χ1) is 13.2. The lowest BCUT2D eigenvalue weighted by Crippen LogP contribution is -2.23. The number of aromatic nitrogens is 3. The molecule has 2 aromatic heterocycles. The number of aryl methyl sites for hydroxylation is 1. The standard InChI is InChI=1S/C22H26N4O/c1-15-13-18(7-10-23-15)16(2)21-19-5-3-4-6-20(19)22(26-25-21)24-14-17-8-11-27-12-9-17/h3-7,10,13,16-17H,8-9,11-12,14H2,1-2H3,(H,24,26). The van der Waals surface area contributed by atoms with E-state index in [2.05, 4.69) is 63.8 Å². The molecule has 1 aromatic carbocycles. The molecule has 1 aliphatic rings. The summed E-state index contributed by atoms with van der Waals surface area (Å²) in [6, 6.07) is 12.6. The third kappa shape index (κ3) is 3.93.